The first-order valence-electron chi connectivity index (χ1n) is 9.31. The lowest BCUT2D eigenvalue weighted by Gasteiger charge is -2.11. The van der Waals surface area contributed by atoms with Crippen LogP contribution in [0.2, 0.25) is 0 Å². The van der Waals surface area contributed by atoms with Gasteiger partial charge >= 0.3 is 0 Å². The quantitative estimate of drug-likeness (QED) is 0.547. The molecule has 0 saturated carbocycles. The fourth-order valence-electron chi connectivity index (χ4n) is 3.94. The second-order valence-electron chi connectivity index (χ2n) is 6.99. The average Bonchev–Trinajstić information content (AvgIpc) is 2.92. The molecule has 2 heteroatoms. The van der Waals surface area contributed by atoms with Gasteiger partial charge in [-0.1, -0.05) is 56.7 Å². The number of rotatable bonds is 0. The molecule has 1 aliphatic carbocycles. The molecule has 2 aromatic heterocycles. The molecule has 0 aliphatic heterocycles. The third-order valence-corrected chi connectivity index (χ3v) is 5.25. The molecule has 2 heterocycles. The molecule has 2 nitrogen and oxygen atoms in total. The van der Waals surface area contributed by atoms with Gasteiger partial charge in [-0.3, -0.25) is 4.98 Å². The van der Waals surface area contributed by atoms with Crippen LogP contribution >= 0.6 is 0 Å². The molecule has 3 aromatic rings. The Bertz CT molecular complexity index is 800. The second-order valence-corrected chi connectivity index (χ2v) is 6.99. The second kappa shape index (κ2) is 6.74. The topological polar surface area (TPSA) is 28.7 Å². The van der Waals surface area contributed by atoms with Crippen molar-refractivity contribution >= 4 is 21.9 Å². The molecular formula is C21H26N2. The maximum absolute atomic E-state index is 5.10. The van der Waals surface area contributed by atoms with Gasteiger partial charge < -0.3 is 4.98 Å². The SMILES string of the molecule is c1ccc2c(c1)[nH]c1cc3c(nc12)CCCCCCCCCC3. The van der Waals surface area contributed by atoms with Crippen LogP contribution in [0.15, 0.2) is 30.3 Å². The van der Waals surface area contributed by atoms with Crippen molar-refractivity contribution in [2.24, 2.45) is 0 Å². The van der Waals surface area contributed by atoms with Gasteiger partial charge in [0.25, 0.3) is 0 Å². The molecule has 0 bridgehead atoms. The van der Waals surface area contributed by atoms with E-state index in [0.717, 1.165) is 11.9 Å². The molecule has 23 heavy (non-hydrogen) atoms. The number of H-pyrrole nitrogens is 1. The number of aromatic nitrogens is 2. The first-order chi connectivity index (χ1) is 11.4. The lowest BCUT2D eigenvalue weighted by molar-refractivity contribution is 0.557. The normalized spacial score (nSPS) is 17.6. The van der Waals surface area contributed by atoms with E-state index in [9.17, 15) is 0 Å². The largest absolute Gasteiger partial charge is 0.353 e. The number of aryl methyl sites for hydroxylation is 2. The van der Waals surface area contributed by atoms with Gasteiger partial charge in [-0.05, 0) is 43.4 Å². The molecule has 0 radical (unpaired) electrons. The maximum Gasteiger partial charge on any atom is 0.0961 e. The maximum atomic E-state index is 5.10. The van der Waals surface area contributed by atoms with E-state index >= 15 is 0 Å². The number of aromatic amines is 1. The monoisotopic (exact) mass is 306 g/mol. The molecular weight excluding hydrogens is 280 g/mol. The Hall–Kier alpha value is -1.83. The van der Waals surface area contributed by atoms with Crippen LogP contribution in [0.1, 0.15) is 62.6 Å². The summed E-state index contributed by atoms with van der Waals surface area (Å²) in [5, 5.41) is 1.26. The van der Waals surface area contributed by atoms with Crippen LogP contribution in [0.3, 0.4) is 0 Å². The van der Waals surface area contributed by atoms with Gasteiger partial charge in [-0.15, -0.1) is 0 Å². The number of hydrogen-bond donors (Lipinski definition) is 1. The van der Waals surface area contributed by atoms with E-state index in [-0.39, 0.29) is 0 Å². The molecule has 120 valence electrons. The molecule has 0 amide bonds. The fraction of sp³-hybridized carbons (Fsp3) is 0.476. The highest BCUT2D eigenvalue weighted by molar-refractivity contribution is 6.04. The third-order valence-electron chi connectivity index (χ3n) is 5.25. The lowest BCUT2D eigenvalue weighted by Crippen LogP contribution is -2.00. The zero-order valence-corrected chi connectivity index (χ0v) is 13.9. The average molecular weight is 306 g/mol. The van der Waals surface area contributed by atoms with Crippen LogP contribution in [-0.2, 0) is 12.8 Å². The van der Waals surface area contributed by atoms with Crippen LogP contribution < -0.4 is 0 Å². The number of hydrogen-bond acceptors (Lipinski definition) is 1. The van der Waals surface area contributed by atoms with Crippen LogP contribution in [0.4, 0.5) is 0 Å². The van der Waals surface area contributed by atoms with Crippen molar-refractivity contribution in [3.63, 3.8) is 0 Å². The smallest absolute Gasteiger partial charge is 0.0961 e. The molecule has 0 unspecified atom stereocenters. The zero-order valence-electron chi connectivity index (χ0n) is 13.9. The summed E-state index contributed by atoms with van der Waals surface area (Å²) < 4.78 is 0. The van der Waals surface area contributed by atoms with Crippen LogP contribution in [-0.4, -0.2) is 9.97 Å². The lowest BCUT2D eigenvalue weighted by atomic mass is 9.98. The Morgan fingerprint density at radius 2 is 1.43 bits per heavy atom. The summed E-state index contributed by atoms with van der Waals surface area (Å²) >= 11 is 0. The molecule has 1 N–H and O–H groups in total. The highest BCUT2D eigenvalue weighted by Crippen LogP contribution is 2.27. The number of nitrogens with zero attached hydrogens (tertiary/aromatic N) is 1. The molecule has 1 aliphatic rings. The molecule has 0 saturated heterocycles. The minimum Gasteiger partial charge on any atom is -0.353 e. The number of benzene rings is 1. The summed E-state index contributed by atoms with van der Waals surface area (Å²) in [4.78, 5) is 8.65. The molecule has 0 fully saturated rings. The Kier molecular flexibility index (Phi) is 4.32. The van der Waals surface area contributed by atoms with Gasteiger partial charge in [0.15, 0.2) is 0 Å². The molecule has 1 aromatic carbocycles. The van der Waals surface area contributed by atoms with E-state index in [1.54, 1.807) is 0 Å². The molecule has 0 atom stereocenters. The third kappa shape index (κ3) is 3.12. The first kappa shape index (κ1) is 14.7. The fourth-order valence-corrected chi connectivity index (χ4v) is 3.94. The van der Waals surface area contributed by atoms with Crippen LogP contribution in [0.25, 0.3) is 21.9 Å². The van der Waals surface area contributed by atoms with Crippen molar-refractivity contribution in [3.8, 4) is 0 Å². The molecule has 4 rings (SSSR count). The van der Waals surface area contributed by atoms with Gasteiger partial charge in [0.2, 0.25) is 0 Å². The van der Waals surface area contributed by atoms with Crippen molar-refractivity contribution in [3.05, 3.63) is 41.6 Å². The van der Waals surface area contributed by atoms with Crippen molar-refractivity contribution in [1.29, 1.82) is 0 Å². The van der Waals surface area contributed by atoms with Crippen LogP contribution in [0, 0.1) is 0 Å². The highest BCUT2D eigenvalue weighted by Gasteiger charge is 2.11. The van der Waals surface area contributed by atoms with Crippen molar-refractivity contribution in [1.82, 2.24) is 9.97 Å². The Labute approximate surface area is 138 Å². The van der Waals surface area contributed by atoms with E-state index in [2.05, 4.69) is 35.3 Å². The Balaban J connectivity index is 1.74. The number of nitrogens with one attached hydrogen (secondary N) is 1. The van der Waals surface area contributed by atoms with E-state index in [4.69, 9.17) is 4.98 Å². The first-order valence-corrected chi connectivity index (χ1v) is 9.31. The van der Waals surface area contributed by atoms with Gasteiger partial charge in [0, 0.05) is 16.6 Å². The minimum absolute atomic E-state index is 1.14. The summed E-state index contributed by atoms with van der Waals surface area (Å²) in [5.41, 5.74) is 6.40. The van der Waals surface area contributed by atoms with Crippen molar-refractivity contribution in [2.45, 2.75) is 64.2 Å². The summed E-state index contributed by atoms with van der Waals surface area (Å²) in [6.45, 7) is 0. The standard InChI is InChI=1S/C21H26N2/c1-2-4-6-8-13-18-16(11-7-5-3-1)15-20-21(23-18)17-12-9-10-14-19(17)22-20/h9-10,12,14-15,22H,1-8,11,13H2. The number of para-hydroxylation sites is 1. The van der Waals surface area contributed by atoms with Gasteiger partial charge in [-0.25, -0.2) is 0 Å². The van der Waals surface area contributed by atoms with Gasteiger partial charge in [0.05, 0.1) is 11.0 Å². The summed E-state index contributed by atoms with van der Waals surface area (Å²) in [5.74, 6) is 0. The number of pyridine rings is 1. The van der Waals surface area contributed by atoms with E-state index in [1.165, 1.54) is 85.5 Å². The summed E-state index contributed by atoms with van der Waals surface area (Å²) in [6, 6.07) is 10.9. The molecule has 0 spiro atoms. The Morgan fingerprint density at radius 3 is 2.26 bits per heavy atom. The Morgan fingerprint density at radius 1 is 0.739 bits per heavy atom. The highest BCUT2D eigenvalue weighted by atomic mass is 14.8. The predicted octanol–water partition coefficient (Wildman–Crippen LogP) is 5.94. The minimum atomic E-state index is 1.14. The van der Waals surface area contributed by atoms with Crippen molar-refractivity contribution < 1.29 is 0 Å². The number of fused-ring (bicyclic) bond motifs is 4. The summed E-state index contributed by atoms with van der Waals surface area (Å²) in [7, 11) is 0. The van der Waals surface area contributed by atoms with E-state index in [0.29, 0.717) is 0 Å². The van der Waals surface area contributed by atoms with E-state index < -0.39 is 0 Å². The van der Waals surface area contributed by atoms with Crippen LogP contribution in [0.5, 0.6) is 0 Å². The summed E-state index contributed by atoms with van der Waals surface area (Å²) in [6.07, 6.45) is 13.3. The zero-order chi connectivity index (χ0) is 15.5. The van der Waals surface area contributed by atoms with Gasteiger partial charge in [-0.2, -0.15) is 0 Å². The van der Waals surface area contributed by atoms with E-state index in [1.807, 2.05) is 0 Å². The van der Waals surface area contributed by atoms with Crippen molar-refractivity contribution in [2.75, 3.05) is 0 Å². The predicted molar refractivity (Wildman–Crippen MR) is 97.9 cm³/mol. The van der Waals surface area contributed by atoms with Gasteiger partial charge in [0.1, 0.15) is 0 Å².